The van der Waals surface area contributed by atoms with Gasteiger partial charge >= 0.3 is 0 Å². The van der Waals surface area contributed by atoms with Gasteiger partial charge in [-0.25, -0.2) is 4.39 Å². The molecular weight excluding hydrogens is 333 g/mol. The summed E-state index contributed by atoms with van der Waals surface area (Å²) >= 11 is 9.61. The molecule has 0 saturated carbocycles. The molecular formula is C14H12BrClFNO. The molecule has 2 aromatic rings. The fourth-order valence-electron chi connectivity index (χ4n) is 1.76. The van der Waals surface area contributed by atoms with Crippen molar-refractivity contribution in [2.24, 2.45) is 0 Å². The summed E-state index contributed by atoms with van der Waals surface area (Å²) < 4.78 is 18.5. The lowest BCUT2D eigenvalue weighted by atomic mass is 10.0. The molecule has 0 aliphatic heterocycles. The molecule has 2 rings (SSSR count). The van der Waals surface area contributed by atoms with Crippen molar-refractivity contribution in [1.82, 2.24) is 4.98 Å². The van der Waals surface area contributed by atoms with Crippen LogP contribution < -0.4 is 4.74 Å². The Balaban J connectivity index is 2.18. The van der Waals surface area contributed by atoms with Gasteiger partial charge in [-0.05, 0) is 35.7 Å². The van der Waals surface area contributed by atoms with Crippen LogP contribution in [0.3, 0.4) is 0 Å². The van der Waals surface area contributed by atoms with Crippen LogP contribution in [-0.4, -0.2) is 12.1 Å². The van der Waals surface area contributed by atoms with Gasteiger partial charge in [0.1, 0.15) is 0 Å². The highest BCUT2D eigenvalue weighted by molar-refractivity contribution is 9.09. The number of aromatic nitrogens is 1. The minimum Gasteiger partial charge on any atom is -0.494 e. The van der Waals surface area contributed by atoms with Crippen molar-refractivity contribution in [3.63, 3.8) is 0 Å². The highest BCUT2D eigenvalue weighted by Gasteiger charge is 2.13. The van der Waals surface area contributed by atoms with Crippen molar-refractivity contribution in [3.05, 3.63) is 58.6 Å². The van der Waals surface area contributed by atoms with Crippen molar-refractivity contribution in [3.8, 4) is 5.75 Å². The normalized spacial score (nSPS) is 12.2. The van der Waals surface area contributed by atoms with E-state index in [1.807, 2.05) is 12.1 Å². The zero-order valence-electron chi connectivity index (χ0n) is 10.2. The first-order valence-electron chi connectivity index (χ1n) is 5.67. The highest BCUT2D eigenvalue weighted by Crippen LogP contribution is 2.31. The Bertz CT molecular complexity index is 579. The summed E-state index contributed by atoms with van der Waals surface area (Å²) in [4.78, 5) is 3.92. The number of hydrogen-bond acceptors (Lipinski definition) is 2. The Morgan fingerprint density at radius 3 is 2.84 bits per heavy atom. The number of hydrogen-bond donors (Lipinski definition) is 0. The average Bonchev–Trinajstić information content (AvgIpc) is 2.41. The van der Waals surface area contributed by atoms with Gasteiger partial charge in [0.15, 0.2) is 11.6 Å². The van der Waals surface area contributed by atoms with E-state index < -0.39 is 0 Å². The van der Waals surface area contributed by atoms with Gasteiger partial charge in [-0.3, -0.25) is 4.98 Å². The molecule has 0 N–H and O–H groups in total. The molecule has 0 spiro atoms. The number of ether oxygens (including phenoxy) is 1. The molecule has 5 heteroatoms. The van der Waals surface area contributed by atoms with E-state index in [4.69, 9.17) is 16.3 Å². The van der Waals surface area contributed by atoms with Crippen molar-refractivity contribution in [2.45, 2.75) is 11.2 Å². The molecule has 1 aromatic carbocycles. The van der Waals surface area contributed by atoms with E-state index in [2.05, 4.69) is 20.9 Å². The van der Waals surface area contributed by atoms with Crippen molar-refractivity contribution in [1.29, 1.82) is 0 Å². The smallest absolute Gasteiger partial charge is 0.165 e. The molecule has 2 nitrogen and oxygen atoms in total. The van der Waals surface area contributed by atoms with Gasteiger partial charge < -0.3 is 4.74 Å². The Morgan fingerprint density at radius 2 is 2.21 bits per heavy atom. The number of pyridine rings is 1. The first-order chi connectivity index (χ1) is 9.11. The van der Waals surface area contributed by atoms with E-state index in [-0.39, 0.29) is 16.4 Å². The second-order valence-corrected chi connectivity index (χ2v) is 5.55. The van der Waals surface area contributed by atoms with Crippen molar-refractivity contribution in [2.75, 3.05) is 7.11 Å². The summed E-state index contributed by atoms with van der Waals surface area (Å²) in [6, 6.07) is 6.77. The molecule has 1 heterocycles. The maximum absolute atomic E-state index is 13.6. The molecule has 100 valence electrons. The quantitative estimate of drug-likeness (QED) is 0.759. The third-order valence-corrected chi connectivity index (χ3v) is 3.99. The van der Waals surface area contributed by atoms with E-state index in [0.29, 0.717) is 11.4 Å². The summed E-state index contributed by atoms with van der Waals surface area (Å²) in [7, 11) is 1.44. The Morgan fingerprint density at radius 1 is 1.42 bits per heavy atom. The van der Waals surface area contributed by atoms with Gasteiger partial charge in [0.2, 0.25) is 0 Å². The van der Waals surface area contributed by atoms with E-state index in [9.17, 15) is 4.39 Å². The monoisotopic (exact) mass is 343 g/mol. The second-order valence-electron chi connectivity index (χ2n) is 4.03. The molecule has 0 fully saturated rings. The minimum atomic E-state index is -0.370. The average molecular weight is 345 g/mol. The summed E-state index contributed by atoms with van der Waals surface area (Å²) in [6.07, 6.45) is 3.95. The van der Waals surface area contributed by atoms with E-state index in [1.54, 1.807) is 18.5 Å². The molecule has 19 heavy (non-hydrogen) atoms. The lowest BCUT2D eigenvalue weighted by Gasteiger charge is -2.12. The van der Waals surface area contributed by atoms with Gasteiger partial charge in [0.25, 0.3) is 0 Å². The van der Waals surface area contributed by atoms with Crippen LogP contribution in [0.2, 0.25) is 5.02 Å². The predicted octanol–water partition coefficient (Wildman–Crippen LogP) is 4.56. The highest BCUT2D eigenvalue weighted by atomic mass is 79.9. The van der Waals surface area contributed by atoms with Crippen LogP contribution in [0.1, 0.15) is 16.0 Å². The second kappa shape index (κ2) is 6.35. The van der Waals surface area contributed by atoms with Crippen LogP contribution in [0.4, 0.5) is 4.39 Å². The number of halogens is 3. The largest absolute Gasteiger partial charge is 0.494 e. The number of benzene rings is 1. The molecule has 0 amide bonds. The van der Waals surface area contributed by atoms with E-state index >= 15 is 0 Å². The summed E-state index contributed by atoms with van der Waals surface area (Å²) in [6.45, 7) is 0. The minimum absolute atomic E-state index is 0.0205. The molecule has 1 unspecified atom stereocenters. The van der Waals surface area contributed by atoms with Gasteiger partial charge in [-0.15, -0.1) is 0 Å². The summed E-state index contributed by atoms with van der Waals surface area (Å²) in [5, 5.41) is 0.612. The van der Waals surface area contributed by atoms with Crippen LogP contribution in [0.15, 0.2) is 36.7 Å². The zero-order chi connectivity index (χ0) is 13.8. The van der Waals surface area contributed by atoms with Gasteiger partial charge in [0, 0.05) is 17.2 Å². The predicted molar refractivity (Wildman–Crippen MR) is 77.6 cm³/mol. The van der Waals surface area contributed by atoms with E-state index in [1.165, 1.54) is 13.2 Å². The van der Waals surface area contributed by atoms with Crippen LogP contribution in [0, 0.1) is 5.82 Å². The van der Waals surface area contributed by atoms with Crippen LogP contribution in [-0.2, 0) is 6.42 Å². The SMILES string of the molecule is COc1ccc(C(Br)Cc2ccncc2Cl)cc1F. The lowest BCUT2D eigenvalue weighted by Crippen LogP contribution is -1.98. The summed E-state index contributed by atoms with van der Waals surface area (Å²) in [5.41, 5.74) is 1.81. The zero-order valence-corrected chi connectivity index (χ0v) is 12.6. The molecule has 0 bridgehead atoms. The fraction of sp³-hybridized carbons (Fsp3) is 0.214. The standard InChI is InChI=1S/C14H12BrClFNO/c1-19-14-3-2-9(7-13(14)17)11(15)6-10-4-5-18-8-12(10)16/h2-5,7-8,11H,6H2,1H3. The number of alkyl halides is 1. The number of methoxy groups -OCH3 is 1. The topological polar surface area (TPSA) is 22.1 Å². The molecule has 0 aliphatic carbocycles. The van der Waals surface area contributed by atoms with Crippen LogP contribution in [0.5, 0.6) is 5.75 Å². The first kappa shape index (κ1) is 14.3. The third-order valence-electron chi connectivity index (χ3n) is 2.79. The summed E-state index contributed by atoms with van der Waals surface area (Å²) in [5.74, 6) is -0.129. The van der Waals surface area contributed by atoms with Gasteiger partial charge in [-0.2, -0.15) is 0 Å². The molecule has 0 radical (unpaired) electrons. The lowest BCUT2D eigenvalue weighted by molar-refractivity contribution is 0.386. The molecule has 0 saturated heterocycles. The van der Waals surface area contributed by atoms with Gasteiger partial charge in [-0.1, -0.05) is 33.6 Å². The third kappa shape index (κ3) is 3.45. The maximum Gasteiger partial charge on any atom is 0.165 e. The molecule has 1 atom stereocenters. The van der Waals surface area contributed by atoms with Gasteiger partial charge in [0.05, 0.1) is 12.1 Å². The maximum atomic E-state index is 13.6. The fourth-order valence-corrected chi connectivity index (χ4v) is 2.59. The van der Waals surface area contributed by atoms with E-state index in [0.717, 1.165) is 11.1 Å². The van der Waals surface area contributed by atoms with Crippen molar-refractivity contribution >= 4 is 27.5 Å². The van der Waals surface area contributed by atoms with Crippen LogP contribution >= 0.6 is 27.5 Å². The Hall–Kier alpha value is -1.13. The van der Waals surface area contributed by atoms with Crippen LogP contribution in [0.25, 0.3) is 0 Å². The Kier molecular flexibility index (Phi) is 4.77. The number of nitrogens with zero attached hydrogens (tertiary/aromatic N) is 1. The Labute approximate surface area is 124 Å². The number of rotatable bonds is 4. The molecule has 0 aliphatic rings. The first-order valence-corrected chi connectivity index (χ1v) is 6.97. The van der Waals surface area contributed by atoms with Crippen molar-refractivity contribution < 1.29 is 9.13 Å². The molecule has 1 aromatic heterocycles.